The molecule has 0 bridgehead atoms. The van der Waals surface area contributed by atoms with Gasteiger partial charge >= 0.3 is 0 Å². The number of hydrogen-bond donors (Lipinski definition) is 2. The summed E-state index contributed by atoms with van der Waals surface area (Å²) in [5.41, 5.74) is 5.80. The summed E-state index contributed by atoms with van der Waals surface area (Å²) in [4.78, 5) is 4.32. The third-order valence-electron chi connectivity index (χ3n) is 2.91. The SMILES string of the molecule is Cc1nn(C)c(CC(NN)c2ccccn2)c1Br. The number of nitrogens with zero attached hydrogens (tertiary/aromatic N) is 3. The van der Waals surface area contributed by atoms with Gasteiger partial charge in [0.15, 0.2) is 0 Å². The zero-order valence-electron chi connectivity index (χ0n) is 10.4. The molecular weight excluding hydrogens is 294 g/mol. The van der Waals surface area contributed by atoms with Gasteiger partial charge in [-0.15, -0.1) is 0 Å². The molecule has 0 fully saturated rings. The van der Waals surface area contributed by atoms with Gasteiger partial charge in [-0.3, -0.25) is 20.9 Å². The molecule has 1 unspecified atom stereocenters. The number of halogens is 1. The molecule has 0 aliphatic heterocycles. The molecule has 0 aromatic carbocycles. The molecule has 0 radical (unpaired) electrons. The van der Waals surface area contributed by atoms with Crippen molar-refractivity contribution < 1.29 is 0 Å². The molecule has 0 saturated heterocycles. The van der Waals surface area contributed by atoms with E-state index in [1.54, 1.807) is 6.20 Å². The van der Waals surface area contributed by atoms with Crippen LogP contribution in [0.3, 0.4) is 0 Å². The Hall–Kier alpha value is -1.24. The van der Waals surface area contributed by atoms with E-state index < -0.39 is 0 Å². The van der Waals surface area contributed by atoms with Crippen molar-refractivity contribution in [2.45, 2.75) is 19.4 Å². The summed E-state index contributed by atoms with van der Waals surface area (Å²) in [6.45, 7) is 1.97. The van der Waals surface area contributed by atoms with E-state index in [0.29, 0.717) is 0 Å². The van der Waals surface area contributed by atoms with Crippen LogP contribution in [0, 0.1) is 6.92 Å². The number of aromatic nitrogens is 3. The van der Waals surface area contributed by atoms with E-state index in [1.165, 1.54) is 0 Å². The van der Waals surface area contributed by atoms with Gasteiger partial charge in [0.25, 0.3) is 0 Å². The number of rotatable bonds is 4. The van der Waals surface area contributed by atoms with E-state index >= 15 is 0 Å². The Morgan fingerprint density at radius 1 is 1.50 bits per heavy atom. The van der Waals surface area contributed by atoms with Gasteiger partial charge in [-0.2, -0.15) is 5.10 Å². The molecular formula is C12H16BrN5. The van der Waals surface area contributed by atoms with E-state index in [4.69, 9.17) is 5.84 Å². The molecule has 2 aromatic rings. The number of aryl methyl sites for hydroxylation is 2. The quantitative estimate of drug-likeness (QED) is 0.665. The van der Waals surface area contributed by atoms with Crippen molar-refractivity contribution in [3.8, 4) is 0 Å². The predicted molar refractivity (Wildman–Crippen MR) is 73.7 cm³/mol. The molecule has 96 valence electrons. The highest BCUT2D eigenvalue weighted by atomic mass is 79.9. The van der Waals surface area contributed by atoms with Crippen LogP contribution in [0.15, 0.2) is 28.9 Å². The van der Waals surface area contributed by atoms with Gasteiger partial charge in [0.05, 0.1) is 27.6 Å². The fraction of sp³-hybridized carbons (Fsp3) is 0.333. The van der Waals surface area contributed by atoms with Crippen LogP contribution in [0.2, 0.25) is 0 Å². The van der Waals surface area contributed by atoms with Gasteiger partial charge in [-0.05, 0) is 35.0 Å². The first-order valence-corrected chi connectivity index (χ1v) is 6.47. The molecule has 2 aromatic heterocycles. The van der Waals surface area contributed by atoms with E-state index in [2.05, 4.69) is 31.4 Å². The Morgan fingerprint density at radius 3 is 2.78 bits per heavy atom. The van der Waals surface area contributed by atoms with E-state index in [-0.39, 0.29) is 6.04 Å². The van der Waals surface area contributed by atoms with Crippen molar-refractivity contribution in [3.05, 3.63) is 46.0 Å². The Labute approximate surface area is 115 Å². The first-order chi connectivity index (χ1) is 8.63. The maximum absolute atomic E-state index is 5.62. The summed E-state index contributed by atoms with van der Waals surface area (Å²) in [6, 6.07) is 5.77. The van der Waals surface area contributed by atoms with Gasteiger partial charge in [-0.1, -0.05) is 6.07 Å². The molecule has 0 spiro atoms. The molecule has 2 heterocycles. The van der Waals surface area contributed by atoms with Crippen molar-refractivity contribution in [3.63, 3.8) is 0 Å². The molecule has 5 nitrogen and oxygen atoms in total. The normalized spacial score (nSPS) is 12.7. The van der Waals surface area contributed by atoms with Crippen LogP contribution >= 0.6 is 15.9 Å². The van der Waals surface area contributed by atoms with Crippen LogP contribution in [-0.4, -0.2) is 14.8 Å². The molecule has 0 aliphatic rings. The summed E-state index contributed by atoms with van der Waals surface area (Å²) in [7, 11) is 1.93. The van der Waals surface area contributed by atoms with Crippen LogP contribution < -0.4 is 11.3 Å². The molecule has 1 atom stereocenters. The minimum absolute atomic E-state index is 0.0303. The summed E-state index contributed by atoms with van der Waals surface area (Å²) in [5.74, 6) is 5.62. The van der Waals surface area contributed by atoms with Crippen molar-refractivity contribution in [2.75, 3.05) is 0 Å². The second-order valence-corrected chi connectivity index (χ2v) is 4.94. The second kappa shape index (κ2) is 5.60. The minimum Gasteiger partial charge on any atom is -0.271 e. The van der Waals surface area contributed by atoms with E-state index in [0.717, 1.165) is 28.0 Å². The Morgan fingerprint density at radius 2 is 2.28 bits per heavy atom. The summed E-state index contributed by atoms with van der Waals surface area (Å²) in [6.07, 6.45) is 2.49. The lowest BCUT2D eigenvalue weighted by atomic mass is 10.1. The van der Waals surface area contributed by atoms with Crippen molar-refractivity contribution in [1.29, 1.82) is 0 Å². The fourth-order valence-corrected chi connectivity index (χ4v) is 2.42. The van der Waals surface area contributed by atoms with Crippen molar-refractivity contribution in [2.24, 2.45) is 12.9 Å². The zero-order chi connectivity index (χ0) is 13.1. The second-order valence-electron chi connectivity index (χ2n) is 4.15. The van der Waals surface area contributed by atoms with Gasteiger partial charge < -0.3 is 0 Å². The van der Waals surface area contributed by atoms with Crippen molar-refractivity contribution in [1.82, 2.24) is 20.2 Å². The fourth-order valence-electron chi connectivity index (χ4n) is 1.93. The standard InChI is InChI=1S/C12H16BrN5/c1-8-12(13)11(18(2)17-8)7-10(16-14)9-5-3-4-6-15-9/h3-6,10,16H,7,14H2,1-2H3. The largest absolute Gasteiger partial charge is 0.271 e. The highest BCUT2D eigenvalue weighted by molar-refractivity contribution is 9.10. The molecule has 0 aliphatic carbocycles. The maximum Gasteiger partial charge on any atom is 0.0738 e. The smallest absolute Gasteiger partial charge is 0.0738 e. The first-order valence-electron chi connectivity index (χ1n) is 5.68. The summed E-state index contributed by atoms with van der Waals surface area (Å²) >= 11 is 3.56. The van der Waals surface area contributed by atoms with E-state index in [9.17, 15) is 0 Å². The molecule has 3 N–H and O–H groups in total. The van der Waals surface area contributed by atoms with Gasteiger partial charge in [0.1, 0.15) is 0 Å². The number of pyridine rings is 1. The third-order valence-corrected chi connectivity index (χ3v) is 3.94. The number of nitrogens with one attached hydrogen (secondary N) is 1. The first kappa shape index (κ1) is 13.2. The molecule has 6 heteroatoms. The summed E-state index contributed by atoms with van der Waals surface area (Å²) < 4.78 is 2.90. The highest BCUT2D eigenvalue weighted by Gasteiger charge is 2.17. The van der Waals surface area contributed by atoms with Crippen LogP contribution in [-0.2, 0) is 13.5 Å². The molecule has 0 amide bonds. The van der Waals surface area contributed by atoms with Crippen LogP contribution in [0.5, 0.6) is 0 Å². The predicted octanol–water partition coefficient (Wildman–Crippen LogP) is 1.63. The Kier molecular flexibility index (Phi) is 4.11. The van der Waals surface area contributed by atoms with Crippen LogP contribution in [0.25, 0.3) is 0 Å². The minimum atomic E-state index is -0.0303. The average molecular weight is 310 g/mol. The zero-order valence-corrected chi connectivity index (χ0v) is 12.0. The Balaban J connectivity index is 2.26. The molecule has 2 rings (SSSR count). The Bertz CT molecular complexity index is 523. The topological polar surface area (TPSA) is 68.8 Å². The van der Waals surface area contributed by atoms with Crippen LogP contribution in [0.4, 0.5) is 0 Å². The lowest BCUT2D eigenvalue weighted by Crippen LogP contribution is -2.30. The van der Waals surface area contributed by atoms with Gasteiger partial charge in [0.2, 0.25) is 0 Å². The number of hydrazine groups is 1. The average Bonchev–Trinajstić information content (AvgIpc) is 2.62. The van der Waals surface area contributed by atoms with Gasteiger partial charge in [-0.25, -0.2) is 0 Å². The number of hydrogen-bond acceptors (Lipinski definition) is 4. The monoisotopic (exact) mass is 309 g/mol. The third kappa shape index (κ3) is 2.60. The van der Waals surface area contributed by atoms with E-state index in [1.807, 2.05) is 36.9 Å². The highest BCUT2D eigenvalue weighted by Crippen LogP contribution is 2.24. The van der Waals surface area contributed by atoms with Crippen LogP contribution in [0.1, 0.15) is 23.1 Å². The lowest BCUT2D eigenvalue weighted by Gasteiger charge is -2.15. The maximum atomic E-state index is 5.62. The lowest BCUT2D eigenvalue weighted by molar-refractivity contribution is 0.517. The van der Waals surface area contributed by atoms with Gasteiger partial charge in [0, 0.05) is 19.7 Å². The van der Waals surface area contributed by atoms with Crippen molar-refractivity contribution >= 4 is 15.9 Å². The molecule has 18 heavy (non-hydrogen) atoms. The molecule has 0 saturated carbocycles. The summed E-state index contributed by atoms with van der Waals surface area (Å²) in [5, 5.41) is 4.37. The number of nitrogens with two attached hydrogens (primary N) is 1.